The summed E-state index contributed by atoms with van der Waals surface area (Å²) in [6.07, 6.45) is 5.53. The maximum absolute atomic E-state index is 10.5. The van der Waals surface area contributed by atoms with Gasteiger partial charge >= 0.3 is 0 Å². The summed E-state index contributed by atoms with van der Waals surface area (Å²) in [6, 6.07) is 37.0. The molecule has 1 aliphatic heterocycles. The molecule has 0 unspecified atom stereocenters. The number of allylic oxidation sites excluding steroid dienone is 1. The van der Waals surface area contributed by atoms with Crippen LogP contribution in [0.3, 0.4) is 0 Å². The van der Waals surface area contributed by atoms with Crippen molar-refractivity contribution >= 4 is 15.8 Å². The molecule has 42 heavy (non-hydrogen) atoms. The third-order valence-electron chi connectivity index (χ3n) is 6.99. The lowest BCUT2D eigenvalue weighted by molar-refractivity contribution is 0.0502. The van der Waals surface area contributed by atoms with Gasteiger partial charge in [-0.2, -0.15) is 8.42 Å². The largest absolute Gasteiger partial charge is 0.399 e. The van der Waals surface area contributed by atoms with E-state index in [1.54, 1.807) is 0 Å². The van der Waals surface area contributed by atoms with Crippen LogP contribution in [-0.2, 0) is 21.3 Å². The third kappa shape index (κ3) is 10.2. The summed E-state index contributed by atoms with van der Waals surface area (Å²) in [5.41, 5.74) is 9.53. The minimum atomic E-state index is -4.08. The molecule has 3 N–H and O–H groups in total. The van der Waals surface area contributed by atoms with Crippen molar-refractivity contribution in [2.75, 3.05) is 45.1 Å². The van der Waals surface area contributed by atoms with Crippen LogP contribution in [0.5, 0.6) is 0 Å². The molecule has 0 aromatic heterocycles. The van der Waals surface area contributed by atoms with Crippen LogP contribution in [0.4, 0.5) is 5.69 Å². The molecular weight excluding hydrogens is 546 g/mol. The number of hydrogen-bond donors (Lipinski definition) is 2. The summed E-state index contributed by atoms with van der Waals surface area (Å²) in [5, 5.41) is 0. The Kier molecular flexibility index (Phi) is 11.7. The van der Waals surface area contributed by atoms with Crippen LogP contribution in [0.25, 0.3) is 0 Å². The fraction of sp³-hybridized carbons (Fsp3) is 0.235. The van der Waals surface area contributed by atoms with Gasteiger partial charge in [0.2, 0.25) is 0 Å². The Morgan fingerprint density at radius 1 is 0.762 bits per heavy atom. The number of ether oxygens (including phenoxy) is 1. The molecule has 8 heteroatoms. The highest BCUT2D eigenvalue weighted by Crippen LogP contribution is 2.25. The van der Waals surface area contributed by atoms with E-state index in [1.807, 2.05) is 0 Å². The molecule has 0 atom stereocenters. The quantitative estimate of drug-likeness (QED) is 0.183. The Morgan fingerprint density at radius 2 is 1.29 bits per heavy atom. The highest BCUT2D eigenvalue weighted by molar-refractivity contribution is 7.85. The van der Waals surface area contributed by atoms with E-state index < -0.39 is 10.1 Å². The number of nitrogens with two attached hydrogens (primary N) is 1. The van der Waals surface area contributed by atoms with E-state index in [4.69, 9.17) is 15.0 Å². The number of hydrogen-bond acceptors (Lipinski definition) is 6. The summed E-state index contributed by atoms with van der Waals surface area (Å²) >= 11 is 0. The molecule has 220 valence electrons. The smallest absolute Gasteiger partial charge is 0.294 e. The predicted octanol–water partition coefficient (Wildman–Crippen LogP) is 5.68. The Morgan fingerprint density at radius 3 is 1.81 bits per heavy atom. The lowest BCUT2D eigenvalue weighted by Crippen LogP contribution is -2.45. The second kappa shape index (κ2) is 15.9. The van der Waals surface area contributed by atoms with E-state index in [-0.39, 0.29) is 11.0 Å². The van der Waals surface area contributed by atoms with Gasteiger partial charge in [-0.25, -0.2) is 0 Å². The predicted molar refractivity (Wildman–Crippen MR) is 169 cm³/mol. The number of nitrogens with zero attached hydrogens (tertiary/aromatic N) is 2. The van der Waals surface area contributed by atoms with Crippen LogP contribution in [0.15, 0.2) is 132 Å². The molecule has 0 spiro atoms. The van der Waals surface area contributed by atoms with Crippen molar-refractivity contribution < 1.29 is 17.7 Å². The normalized spacial score (nSPS) is 14.1. The highest BCUT2D eigenvalue weighted by atomic mass is 32.2. The first-order chi connectivity index (χ1) is 20.4. The van der Waals surface area contributed by atoms with Crippen molar-refractivity contribution in [3.8, 4) is 0 Å². The minimum Gasteiger partial charge on any atom is -0.399 e. The van der Waals surface area contributed by atoms with Gasteiger partial charge in [0.25, 0.3) is 10.1 Å². The van der Waals surface area contributed by atoms with Gasteiger partial charge in [-0.05, 0) is 53.6 Å². The fourth-order valence-corrected chi connectivity index (χ4v) is 5.15. The third-order valence-corrected chi connectivity index (χ3v) is 7.86. The summed E-state index contributed by atoms with van der Waals surface area (Å²) < 4.78 is 35.8. The van der Waals surface area contributed by atoms with Gasteiger partial charge in [-0.1, -0.05) is 97.1 Å². The van der Waals surface area contributed by atoms with Crippen LogP contribution < -0.4 is 5.73 Å². The van der Waals surface area contributed by atoms with E-state index in [0.717, 1.165) is 45.8 Å². The standard InChI is InChI=1S/C28H32N2O.C6H7NO3S/c1-4-11-25(12-5-1)13-10-18-29-19-21-30(22-20-29)23-24-31-28(26-14-6-2-7-15-26)27-16-8-3-9-17-27;7-5-1-3-6(4-2-5)11(8,9)10/h1-12,14-18,28H,13,19-24H2;1-4H,7H2,(H,8,9,10)/b18-10+;. The number of piperazine rings is 1. The zero-order valence-electron chi connectivity index (χ0n) is 23.7. The van der Waals surface area contributed by atoms with Gasteiger partial charge in [0.1, 0.15) is 6.10 Å². The zero-order chi connectivity index (χ0) is 29.6. The summed E-state index contributed by atoms with van der Waals surface area (Å²) in [5.74, 6) is 0. The van der Waals surface area contributed by atoms with Crippen LogP contribution in [0.2, 0.25) is 0 Å². The average molecular weight is 586 g/mol. The average Bonchev–Trinajstić information content (AvgIpc) is 3.02. The number of anilines is 1. The molecule has 1 fully saturated rings. The van der Waals surface area contributed by atoms with Gasteiger partial charge in [-0.3, -0.25) is 9.45 Å². The van der Waals surface area contributed by atoms with Gasteiger partial charge in [0.05, 0.1) is 11.5 Å². The maximum Gasteiger partial charge on any atom is 0.294 e. The molecule has 1 saturated heterocycles. The lowest BCUT2D eigenvalue weighted by atomic mass is 10.0. The van der Waals surface area contributed by atoms with E-state index in [1.165, 1.54) is 41.0 Å². The number of nitrogen functional groups attached to an aromatic ring is 1. The first kappa shape index (κ1) is 31.0. The van der Waals surface area contributed by atoms with Gasteiger partial charge in [0, 0.05) is 38.4 Å². The van der Waals surface area contributed by atoms with E-state index in [0.29, 0.717) is 5.69 Å². The molecular formula is C34H39N3O4S. The van der Waals surface area contributed by atoms with Crippen LogP contribution in [0.1, 0.15) is 22.8 Å². The Balaban J connectivity index is 0.000000310. The highest BCUT2D eigenvalue weighted by Gasteiger charge is 2.17. The first-order valence-electron chi connectivity index (χ1n) is 14.1. The Hall–Kier alpha value is -3.95. The van der Waals surface area contributed by atoms with Crippen molar-refractivity contribution in [1.82, 2.24) is 9.80 Å². The fourth-order valence-electron chi connectivity index (χ4n) is 4.67. The maximum atomic E-state index is 10.5. The molecule has 4 aromatic carbocycles. The molecule has 1 aliphatic rings. The first-order valence-corrected chi connectivity index (χ1v) is 15.5. The van der Waals surface area contributed by atoms with Crippen molar-refractivity contribution in [1.29, 1.82) is 0 Å². The van der Waals surface area contributed by atoms with E-state index in [9.17, 15) is 8.42 Å². The monoisotopic (exact) mass is 585 g/mol. The van der Waals surface area contributed by atoms with Crippen molar-refractivity contribution in [3.05, 3.63) is 144 Å². The SMILES string of the molecule is C(=C\N1CCN(CCOC(c2ccccc2)c2ccccc2)CC1)/Cc1ccccc1.Nc1ccc(S(=O)(=O)O)cc1. The Bertz CT molecular complexity index is 1420. The Labute approximate surface area is 249 Å². The number of rotatable bonds is 10. The van der Waals surface area contributed by atoms with E-state index >= 15 is 0 Å². The molecule has 7 nitrogen and oxygen atoms in total. The molecule has 0 radical (unpaired) electrons. The second-order valence-corrected chi connectivity index (χ2v) is 11.5. The van der Waals surface area contributed by atoms with E-state index in [2.05, 4.69) is 113 Å². The molecule has 0 amide bonds. The zero-order valence-corrected chi connectivity index (χ0v) is 24.5. The van der Waals surface area contributed by atoms with Crippen LogP contribution >= 0.6 is 0 Å². The second-order valence-electron chi connectivity index (χ2n) is 10.1. The molecule has 0 saturated carbocycles. The summed E-state index contributed by atoms with van der Waals surface area (Å²) in [4.78, 5) is 4.79. The number of benzene rings is 4. The van der Waals surface area contributed by atoms with Crippen molar-refractivity contribution in [2.24, 2.45) is 0 Å². The van der Waals surface area contributed by atoms with Crippen molar-refractivity contribution in [2.45, 2.75) is 17.4 Å². The lowest BCUT2D eigenvalue weighted by Gasteiger charge is -2.34. The topological polar surface area (TPSA) is 96.1 Å². The molecule has 0 bridgehead atoms. The minimum absolute atomic E-state index is 0.00962. The molecule has 1 heterocycles. The van der Waals surface area contributed by atoms with Gasteiger partial charge in [-0.15, -0.1) is 0 Å². The van der Waals surface area contributed by atoms with Crippen LogP contribution in [-0.4, -0.2) is 62.1 Å². The summed E-state index contributed by atoms with van der Waals surface area (Å²) in [7, 11) is -4.08. The molecule has 0 aliphatic carbocycles. The molecule has 4 aromatic rings. The van der Waals surface area contributed by atoms with Crippen molar-refractivity contribution in [3.63, 3.8) is 0 Å². The summed E-state index contributed by atoms with van der Waals surface area (Å²) in [6.45, 7) is 6.02. The van der Waals surface area contributed by atoms with Gasteiger partial charge < -0.3 is 15.4 Å². The molecule has 5 rings (SSSR count). The van der Waals surface area contributed by atoms with Gasteiger partial charge in [0.15, 0.2) is 0 Å². The van der Waals surface area contributed by atoms with Crippen LogP contribution in [0, 0.1) is 0 Å².